The number of carbonyl (C=O) groups excluding carboxylic acids is 1. The molecular weight excluding hydrogens is 412 g/mol. The summed E-state index contributed by atoms with van der Waals surface area (Å²) in [4.78, 5) is 11.8. The molecule has 1 atom stereocenters. The number of hydrogen-bond acceptors (Lipinski definition) is 3. The molecule has 1 unspecified atom stereocenters. The van der Waals surface area contributed by atoms with Gasteiger partial charge in [-0.15, -0.1) is 0 Å². The van der Waals surface area contributed by atoms with Crippen molar-refractivity contribution >= 4 is 47.8 Å². The molecule has 0 bridgehead atoms. The van der Waals surface area contributed by atoms with Crippen molar-refractivity contribution in [3.05, 3.63) is 27.1 Å². The zero-order valence-corrected chi connectivity index (χ0v) is 15.3. The van der Waals surface area contributed by atoms with E-state index in [0.29, 0.717) is 4.47 Å². The van der Waals surface area contributed by atoms with Gasteiger partial charge < -0.3 is 5.32 Å². The highest BCUT2D eigenvalue weighted by Gasteiger charge is 2.24. The first-order valence-electron chi connectivity index (χ1n) is 5.91. The molecule has 1 aromatic rings. The van der Waals surface area contributed by atoms with Gasteiger partial charge in [-0.1, -0.05) is 15.9 Å². The lowest BCUT2D eigenvalue weighted by atomic mass is 10.3. The van der Waals surface area contributed by atoms with E-state index in [1.165, 1.54) is 13.0 Å². The number of nitrogens with one attached hydrogen (secondary N) is 2. The smallest absolute Gasteiger partial charge is 0.242 e. The summed E-state index contributed by atoms with van der Waals surface area (Å²) < 4.78 is 28.0. The van der Waals surface area contributed by atoms with E-state index < -0.39 is 16.1 Å². The molecule has 0 spiro atoms. The highest BCUT2D eigenvalue weighted by molar-refractivity contribution is 9.11. The molecule has 1 rings (SSSR count). The van der Waals surface area contributed by atoms with E-state index in [-0.39, 0.29) is 16.8 Å². The van der Waals surface area contributed by atoms with E-state index in [1.807, 2.05) is 13.8 Å². The molecule has 8 heteroatoms. The second kappa shape index (κ2) is 7.02. The third-order valence-electron chi connectivity index (χ3n) is 2.34. The first-order valence-corrected chi connectivity index (χ1v) is 8.98. The maximum absolute atomic E-state index is 12.2. The van der Waals surface area contributed by atoms with Crippen molar-refractivity contribution < 1.29 is 13.2 Å². The van der Waals surface area contributed by atoms with Gasteiger partial charge in [0.1, 0.15) is 0 Å². The molecule has 0 fully saturated rings. The largest absolute Gasteiger partial charge is 0.353 e. The zero-order valence-electron chi connectivity index (χ0n) is 11.3. The molecule has 0 aliphatic carbocycles. The molecule has 20 heavy (non-hydrogen) atoms. The molecule has 1 aromatic carbocycles. The Morgan fingerprint density at radius 2 is 1.80 bits per heavy atom. The molecule has 1 amide bonds. The van der Waals surface area contributed by atoms with Crippen LogP contribution in [0.4, 0.5) is 0 Å². The van der Waals surface area contributed by atoms with Crippen LogP contribution in [0.3, 0.4) is 0 Å². The van der Waals surface area contributed by atoms with Crippen molar-refractivity contribution in [2.24, 2.45) is 0 Å². The predicted molar refractivity (Wildman–Crippen MR) is 84.9 cm³/mol. The standard InChI is InChI=1S/C12H16Br2N2O3S/c1-7(2)15-12(17)8(3)16-20(18,19)11-5-4-9(13)6-10(11)14/h4-8,16H,1-3H3,(H,15,17). The molecule has 0 saturated carbocycles. The number of halogens is 2. The molecule has 0 heterocycles. The third-order valence-corrected chi connectivity index (χ3v) is 5.35. The number of amides is 1. The van der Waals surface area contributed by atoms with Crippen molar-refractivity contribution in [1.29, 1.82) is 0 Å². The Morgan fingerprint density at radius 1 is 1.20 bits per heavy atom. The average Bonchev–Trinajstić information content (AvgIpc) is 2.26. The van der Waals surface area contributed by atoms with Crippen LogP contribution in [-0.2, 0) is 14.8 Å². The van der Waals surface area contributed by atoms with Gasteiger partial charge in [0, 0.05) is 15.0 Å². The lowest BCUT2D eigenvalue weighted by molar-refractivity contribution is -0.122. The van der Waals surface area contributed by atoms with Crippen LogP contribution in [0.5, 0.6) is 0 Å². The van der Waals surface area contributed by atoms with Crippen LogP contribution in [-0.4, -0.2) is 26.4 Å². The number of rotatable bonds is 5. The minimum atomic E-state index is -3.77. The minimum Gasteiger partial charge on any atom is -0.353 e. The number of benzene rings is 1. The molecule has 0 aliphatic heterocycles. The van der Waals surface area contributed by atoms with Crippen LogP contribution < -0.4 is 10.0 Å². The first-order chi connectivity index (χ1) is 9.13. The molecular formula is C12H16Br2N2O3S. The SMILES string of the molecule is CC(C)NC(=O)C(C)NS(=O)(=O)c1ccc(Br)cc1Br. The van der Waals surface area contributed by atoms with Gasteiger partial charge in [-0.2, -0.15) is 4.72 Å². The number of carbonyl (C=O) groups is 1. The second-order valence-corrected chi connectivity index (χ2v) is 8.03. The van der Waals surface area contributed by atoms with Gasteiger partial charge in [0.2, 0.25) is 15.9 Å². The maximum atomic E-state index is 12.2. The fourth-order valence-corrected chi connectivity index (χ4v) is 4.40. The van der Waals surface area contributed by atoms with Gasteiger partial charge in [0.05, 0.1) is 10.9 Å². The van der Waals surface area contributed by atoms with Crippen molar-refractivity contribution in [3.63, 3.8) is 0 Å². The number of sulfonamides is 1. The van der Waals surface area contributed by atoms with Gasteiger partial charge >= 0.3 is 0 Å². The van der Waals surface area contributed by atoms with Crippen molar-refractivity contribution in [3.8, 4) is 0 Å². The lowest BCUT2D eigenvalue weighted by Gasteiger charge is -2.16. The maximum Gasteiger partial charge on any atom is 0.242 e. The quantitative estimate of drug-likeness (QED) is 0.757. The molecule has 0 saturated heterocycles. The highest BCUT2D eigenvalue weighted by atomic mass is 79.9. The summed E-state index contributed by atoms with van der Waals surface area (Å²) in [6.07, 6.45) is 0. The summed E-state index contributed by atoms with van der Waals surface area (Å²) in [5.74, 6) is -0.364. The van der Waals surface area contributed by atoms with Crippen LogP contribution >= 0.6 is 31.9 Å². The molecule has 2 N–H and O–H groups in total. The summed E-state index contributed by atoms with van der Waals surface area (Å²) in [5, 5.41) is 2.66. The molecule has 5 nitrogen and oxygen atoms in total. The van der Waals surface area contributed by atoms with Crippen LogP contribution in [0.1, 0.15) is 20.8 Å². The van der Waals surface area contributed by atoms with E-state index >= 15 is 0 Å². The topological polar surface area (TPSA) is 75.3 Å². The molecule has 0 aliphatic rings. The van der Waals surface area contributed by atoms with E-state index in [0.717, 1.165) is 4.47 Å². The third kappa shape index (κ3) is 4.83. The monoisotopic (exact) mass is 426 g/mol. The Morgan fingerprint density at radius 3 is 2.30 bits per heavy atom. The fraction of sp³-hybridized carbons (Fsp3) is 0.417. The van der Waals surface area contributed by atoms with E-state index in [1.54, 1.807) is 12.1 Å². The summed E-state index contributed by atoms with van der Waals surface area (Å²) in [6.45, 7) is 5.12. The van der Waals surface area contributed by atoms with Crippen LogP contribution in [0.25, 0.3) is 0 Å². The minimum absolute atomic E-state index is 0.0473. The van der Waals surface area contributed by atoms with Crippen molar-refractivity contribution in [2.45, 2.75) is 37.8 Å². The summed E-state index contributed by atoms with van der Waals surface area (Å²) in [6, 6.07) is 3.82. The lowest BCUT2D eigenvalue weighted by Crippen LogP contribution is -2.46. The summed E-state index contributed by atoms with van der Waals surface area (Å²) in [7, 11) is -3.77. The highest BCUT2D eigenvalue weighted by Crippen LogP contribution is 2.25. The van der Waals surface area contributed by atoms with Gasteiger partial charge in [0.15, 0.2) is 0 Å². The van der Waals surface area contributed by atoms with Crippen molar-refractivity contribution in [2.75, 3.05) is 0 Å². The van der Waals surface area contributed by atoms with E-state index in [2.05, 4.69) is 41.9 Å². The van der Waals surface area contributed by atoms with Crippen LogP contribution in [0.15, 0.2) is 32.0 Å². The Labute approximate surface area is 135 Å². The average molecular weight is 428 g/mol. The van der Waals surface area contributed by atoms with Gasteiger partial charge in [-0.3, -0.25) is 4.79 Å². The second-order valence-electron chi connectivity index (χ2n) is 4.58. The summed E-state index contributed by atoms with van der Waals surface area (Å²) >= 11 is 6.46. The van der Waals surface area contributed by atoms with Crippen LogP contribution in [0.2, 0.25) is 0 Å². The zero-order chi connectivity index (χ0) is 15.5. The Bertz CT molecular complexity index is 603. The normalized spacial score (nSPS) is 13.3. The van der Waals surface area contributed by atoms with Gasteiger partial charge in [-0.05, 0) is 54.9 Å². The van der Waals surface area contributed by atoms with Crippen molar-refractivity contribution in [1.82, 2.24) is 10.0 Å². The molecule has 0 radical (unpaired) electrons. The first kappa shape index (κ1) is 17.6. The van der Waals surface area contributed by atoms with E-state index in [9.17, 15) is 13.2 Å². The van der Waals surface area contributed by atoms with E-state index in [4.69, 9.17) is 0 Å². The van der Waals surface area contributed by atoms with Gasteiger partial charge in [0.25, 0.3) is 0 Å². The summed E-state index contributed by atoms with van der Waals surface area (Å²) in [5.41, 5.74) is 0. The number of hydrogen-bond donors (Lipinski definition) is 2. The Kier molecular flexibility index (Phi) is 6.18. The van der Waals surface area contributed by atoms with Gasteiger partial charge in [-0.25, -0.2) is 8.42 Å². The Hall–Kier alpha value is -0.440. The predicted octanol–water partition coefficient (Wildman–Crippen LogP) is 2.40. The molecule has 112 valence electrons. The van der Waals surface area contributed by atoms with Crippen LogP contribution in [0, 0.1) is 0 Å². The molecule has 0 aromatic heterocycles. The Balaban J connectivity index is 2.92. The fourth-order valence-electron chi connectivity index (χ4n) is 1.45.